The topological polar surface area (TPSA) is 70.2 Å². The van der Waals surface area contributed by atoms with Crippen molar-refractivity contribution in [2.75, 3.05) is 17.2 Å². The highest BCUT2D eigenvalue weighted by atomic mass is 32.1. The third kappa shape index (κ3) is 5.26. The number of thiophene rings is 1. The van der Waals surface area contributed by atoms with E-state index in [0.717, 1.165) is 0 Å². The lowest BCUT2D eigenvalue weighted by Gasteiger charge is -2.14. The van der Waals surface area contributed by atoms with Crippen LogP contribution in [0.2, 0.25) is 0 Å². The first kappa shape index (κ1) is 18.8. The molecule has 1 atom stereocenters. The predicted octanol–water partition coefficient (Wildman–Crippen LogP) is 4.29. The van der Waals surface area contributed by atoms with E-state index in [1.54, 1.807) is 35.6 Å². The van der Waals surface area contributed by atoms with E-state index < -0.39 is 0 Å². The predicted molar refractivity (Wildman–Crippen MR) is 110 cm³/mol. The van der Waals surface area contributed by atoms with Gasteiger partial charge in [-0.15, -0.1) is 11.3 Å². The van der Waals surface area contributed by atoms with Crippen molar-refractivity contribution in [1.29, 1.82) is 0 Å². The maximum Gasteiger partial charge on any atom is 0.257 e. The third-order valence-electron chi connectivity index (χ3n) is 4.02. The fourth-order valence-electron chi connectivity index (χ4n) is 2.59. The van der Waals surface area contributed by atoms with E-state index in [1.807, 2.05) is 54.8 Å². The maximum absolute atomic E-state index is 12.6. The van der Waals surface area contributed by atoms with Crippen molar-refractivity contribution in [2.24, 2.45) is 0 Å². The van der Waals surface area contributed by atoms with E-state index in [1.165, 1.54) is 4.88 Å². The van der Waals surface area contributed by atoms with Gasteiger partial charge >= 0.3 is 0 Å². The van der Waals surface area contributed by atoms with Gasteiger partial charge < -0.3 is 16.0 Å². The summed E-state index contributed by atoms with van der Waals surface area (Å²) < 4.78 is 0. The highest BCUT2D eigenvalue weighted by molar-refractivity contribution is 7.10. The van der Waals surface area contributed by atoms with Crippen LogP contribution in [0.4, 0.5) is 11.4 Å². The van der Waals surface area contributed by atoms with Crippen LogP contribution in [0.15, 0.2) is 72.1 Å². The van der Waals surface area contributed by atoms with Gasteiger partial charge in [0.2, 0.25) is 5.91 Å². The molecule has 2 amide bonds. The zero-order chi connectivity index (χ0) is 19.1. The number of hydrogen-bond donors (Lipinski definition) is 3. The molecular weight excluding hydrogens is 358 g/mol. The van der Waals surface area contributed by atoms with Gasteiger partial charge in [0.05, 0.1) is 17.8 Å². The highest BCUT2D eigenvalue weighted by Gasteiger charge is 2.14. The van der Waals surface area contributed by atoms with Crippen molar-refractivity contribution < 1.29 is 9.59 Å². The first-order valence-corrected chi connectivity index (χ1v) is 9.53. The number of para-hydroxylation sites is 2. The van der Waals surface area contributed by atoms with Crippen LogP contribution in [0.25, 0.3) is 0 Å². The second-order valence-corrected chi connectivity index (χ2v) is 7.01. The molecular formula is C21H21N3O2S. The molecule has 1 heterocycles. The summed E-state index contributed by atoms with van der Waals surface area (Å²) in [7, 11) is 0. The molecule has 0 saturated carbocycles. The minimum atomic E-state index is -0.267. The van der Waals surface area contributed by atoms with Crippen LogP contribution in [0.3, 0.4) is 0 Å². The van der Waals surface area contributed by atoms with Crippen molar-refractivity contribution in [3.8, 4) is 0 Å². The lowest BCUT2D eigenvalue weighted by Crippen LogP contribution is -2.30. The van der Waals surface area contributed by atoms with E-state index >= 15 is 0 Å². The van der Waals surface area contributed by atoms with Gasteiger partial charge in [-0.2, -0.15) is 0 Å². The smallest absolute Gasteiger partial charge is 0.257 e. The van der Waals surface area contributed by atoms with Gasteiger partial charge in [0, 0.05) is 16.6 Å². The van der Waals surface area contributed by atoms with Crippen molar-refractivity contribution in [3.63, 3.8) is 0 Å². The molecule has 5 nitrogen and oxygen atoms in total. The highest BCUT2D eigenvalue weighted by Crippen LogP contribution is 2.19. The standard InChI is InChI=1S/C21H21N3O2S/c1-15(19-12-7-13-27-19)22-14-20(25)24-18-11-6-5-10-17(18)21(26)23-16-8-3-2-4-9-16/h2-13,15,22H,14H2,1H3,(H,23,26)(H,24,25)/t15-/m0/s1. The molecule has 0 aliphatic rings. The van der Waals surface area contributed by atoms with E-state index in [4.69, 9.17) is 0 Å². The van der Waals surface area contributed by atoms with Gasteiger partial charge in [-0.1, -0.05) is 36.4 Å². The number of benzene rings is 2. The zero-order valence-corrected chi connectivity index (χ0v) is 15.8. The summed E-state index contributed by atoms with van der Waals surface area (Å²) in [6, 6.07) is 20.3. The average Bonchev–Trinajstić information content (AvgIpc) is 3.22. The second-order valence-electron chi connectivity index (χ2n) is 6.03. The molecule has 3 aromatic rings. The first-order chi connectivity index (χ1) is 13.1. The summed E-state index contributed by atoms with van der Waals surface area (Å²) in [5.41, 5.74) is 1.61. The van der Waals surface area contributed by atoms with Crippen LogP contribution in [0.5, 0.6) is 0 Å². The Morgan fingerprint density at radius 3 is 2.41 bits per heavy atom. The summed E-state index contributed by atoms with van der Waals surface area (Å²) in [4.78, 5) is 26.1. The molecule has 1 aromatic heterocycles. The van der Waals surface area contributed by atoms with Crippen molar-refractivity contribution >= 4 is 34.5 Å². The molecule has 0 radical (unpaired) electrons. The molecule has 6 heteroatoms. The molecule has 0 aliphatic carbocycles. The van der Waals surface area contributed by atoms with Crippen LogP contribution < -0.4 is 16.0 Å². The van der Waals surface area contributed by atoms with E-state index in [0.29, 0.717) is 16.9 Å². The summed E-state index contributed by atoms with van der Waals surface area (Å²) >= 11 is 1.65. The van der Waals surface area contributed by atoms with Gasteiger partial charge in [-0.05, 0) is 42.6 Å². The van der Waals surface area contributed by atoms with Crippen molar-refractivity contribution in [1.82, 2.24) is 5.32 Å². The van der Waals surface area contributed by atoms with Crippen LogP contribution in [-0.2, 0) is 4.79 Å². The Kier molecular flexibility index (Phi) is 6.35. The van der Waals surface area contributed by atoms with E-state index in [-0.39, 0.29) is 24.4 Å². The van der Waals surface area contributed by atoms with E-state index in [2.05, 4.69) is 16.0 Å². The number of rotatable bonds is 7. The lowest BCUT2D eigenvalue weighted by atomic mass is 10.1. The molecule has 0 unspecified atom stereocenters. The Hall–Kier alpha value is -2.96. The molecule has 3 N–H and O–H groups in total. The monoisotopic (exact) mass is 379 g/mol. The van der Waals surface area contributed by atoms with Crippen LogP contribution in [0, 0.1) is 0 Å². The Bertz CT molecular complexity index is 895. The lowest BCUT2D eigenvalue weighted by molar-refractivity contribution is -0.115. The Labute approximate surface area is 162 Å². The van der Waals surface area contributed by atoms with Gasteiger partial charge in [-0.25, -0.2) is 0 Å². The van der Waals surface area contributed by atoms with Crippen LogP contribution in [-0.4, -0.2) is 18.4 Å². The van der Waals surface area contributed by atoms with Gasteiger partial charge in [-0.3, -0.25) is 9.59 Å². The third-order valence-corrected chi connectivity index (χ3v) is 5.07. The number of amides is 2. The number of hydrogen-bond acceptors (Lipinski definition) is 4. The number of anilines is 2. The molecule has 0 bridgehead atoms. The first-order valence-electron chi connectivity index (χ1n) is 8.65. The molecule has 0 saturated heterocycles. The normalized spacial score (nSPS) is 11.6. The molecule has 0 spiro atoms. The van der Waals surface area contributed by atoms with Crippen molar-refractivity contribution in [2.45, 2.75) is 13.0 Å². The molecule has 0 fully saturated rings. The molecule has 0 aliphatic heterocycles. The Balaban J connectivity index is 1.61. The summed E-state index contributed by atoms with van der Waals surface area (Å²) in [5, 5.41) is 10.9. The Morgan fingerprint density at radius 2 is 1.67 bits per heavy atom. The molecule has 3 rings (SSSR count). The zero-order valence-electron chi connectivity index (χ0n) is 14.9. The molecule has 2 aromatic carbocycles. The minimum absolute atomic E-state index is 0.0902. The quantitative estimate of drug-likeness (QED) is 0.573. The molecule has 138 valence electrons. The average molecular weight is 379 g/mol. The Morgan fingerprint density at radius 1 is 0.926 bits per heavy atom. The number of carbonyl (C=O) groups is 2. The second kappa shape index (κ2) is 9.12. The van der Waals surface area contributed by atoms with Crippen molar-refractivity contribution in [3.05, 3.63) is 82.6 Å². The fraction of sp³-hybridized carbons (Fsp3) is 0.143. The number of nitrogens with one attached hydrogen (secondary N) is 3. The summed E-state index contributed by atoms with van der Waals surface area (Å²) in [6.07, 6.45) is 0. The molecule has 27 heavy (non-hydrogen) atoms. The summed E-state index contributed by atoms with van der Waals surface area (Å²) in [6.45, 7) is 2.17. The minimum Gasteiger partial charge on any atom is -0.324 e. The van der Waals surface area contributed by atoms with E-state index in [9.17, 15) is 9.59 Å². The van der Waals surface area contributed by atoms with Crippen LogP contribution >= 0.6 is 11.3 Å². The fourth-order valence-corrected chi connectivity index (χ4v) is 3.35. The SMILES string of the molecule is C[C@H](NCC(=O)Nc1ccccc1C(=O)Nc1ccccc1)c1cccs1. The van der Waals surface area contributed by atoms with Gasteiger partial charge in [0.25, 0.3) is 5.91 Å². The maximum atomic E-state index is 12.6. The van der Waals surface area contributed by atoms with Gasteiger partial charge in [0.15, 0.2) is 0 Å². The largest absolute Gasteiger partial charge is 0.324 e. The van der Waals surface area contributed by atoms with Gasteiger partial charge in [0.1, 0.15) is 0 Å². The number of carbonyl (C=O) groups excluding carboxylic acids is 2. The van der Waals surface area contributed by atoms with Crippen LogP contribution in [0.1, 0.15) is 28.2 Å². The summed E-state index contributed by atoms with van der Waals surface area (Å²) in [5.74, 6) is -0.463.